The van der Waals surface area contributed by atoms with E-state index in [2.05, 4.69) is 46.1 Å². The van der Waals surface area contributed by atoms with Crippen molar-refractivity contribution >= 4 is 27.1 Å². The zero-order valence-electron chi connectivity index (χ0n) is 20.8. The van der Waals surface area contributed by atoms with E-state index in [0.717, 1.165) is 31.5 Å². The van der Waals surface area contributed by atoms with Crippen LogP contribution in [0.25, 0.3) is 0 Å². The molecule has 1 aromatic carbocycles. The van der Waals surface area contributed by atoms with Crippen LogP contribution in [0.15, 0.2) is 58.5 Å². The summed E-state index contributed by atoms with van der Waals surface area (Å²) in [4.78, 5) is 19.6. The summed E-state index contributed by atoms with van der Waals surface area (Å²) in [5.41, 5.74) is 4.29. The molecule has 13 heteroatoms. The number of aryl methyl sites for hydroxylation is 1. The first-order chi connectivity index (χ1) is 17.9. The summed E-state index contributed by atoms with van der Waals surface area (Å²) < 4.78 is 63.2. The lowest BCUT2D eigenvalue weighted by molar-refractivity contribution is -0.192. The monoisotopic (exact) mass is 571 g/mol. The van der Waals surface area contributed by atoms with Gasteiger partial charge in [-0.2, -0.15) is 13.2 Å². The van der Waals surface area contributed by atoms with Gasteiger partial charge in [-0.1, -0.05) is 30.3 Å². The molecule has 206 valence electrons. The molecular weight excluding hydrogens is 543 g/mol. The number of sulfone groups is 1. The van der Waals surface area contributed by atoms with Crippen molar-refractivity contribution in [2.75, 3.05) is 13.1 Å². The lowest BCUT2D eigenvalue weighted by atomic mass is 10.0. The number of carbonyl (C=O) groups is 1. The Morgan fingerprint density at radius 3 is 2.37 bits per heavy atom. The van der Waals surface area contributed by atoms with Crippen LogP contribution in [0.1, 0.15) is 42.6 Å². The maximum Gasteiger partial charge on any atom is 0.490 e. The highest BCUT2D eigenvalue weighted by Gasteiger charge is 2.38. The number of piperidine rings is 1. The van der Waals surface area contributed by atoms with Gasteiger partial charge in [0.05, 0.1) is 23.2 Å². The fourth-order valence-corrected chi connectivity index (χ4v) is 5.82. The average molecular weight is 572 g/mol. The van der Waals surface area contributed by atoms with Crippen molar-refractivity contribution in [3.8, 4) is 5.75 Å². The number of thiazole rings is 1. The van der Waals surface area contributed by atoms with Gasteiger partial charge in [0.2, 0.25) is 9.84 Å². The van der Waals surface area contributed by atoms with E-state index in [4.69, 9.17) is 14.6 Å². The van der Waals surface area contributed by atoms with Gasteiger partial charge in [0, 0.05) is 24.5 Å². The Morgan fingerprint density at radius 2 is 1.84 bits per heavy atom. The molecule has 1 N–H and O–H groups in total. The van der Waals surface area contributed by atoms with Gasteiger partial charge in [-0.3, -0.25) is 4.90 Å². The minimum Gasteiger partial charge on any atom is -0.488 e. The summed E-state index contributed by atoms with van der Waals surface area (Å²) >= 11 is 1.38. The van der Waals surface area contributed by atoms with Gasteiger partial charge in [0.25, 0.3) is 0 Å². The summed E-state index contributed by atoms with van der Waals surface area (Å²) in [6.45, 7) is 6.04. The highest BCUT2D eigenvalue weighted by molar-refractivity contribution is 7.90. The summed E-state index contributed by atoms with van der Waals surface area (Å²) in [5, 5.41) is 8.93. The van der Waals surface area contributed by atoms with Crippen molar-refractivity contribution in [2.24, 2.45) is 0 Å². The second-order valence-corrected chi connectivity index (χ2v) is 11.4. The quantitative estimate of drug-likeness (QED) is 0.419. The molecule has 4 rings (SSSR count). The van der Waals surface area contributed by atoms with Gasteiger partial charge in [0.1, 0.15) is 11.9 Å². The van der Waals surface area contributed by atoms with Gasteiger partial charge in [-0.05, 0) is 43.9 Å². The maximum atomic E-state index is 12.6. The van der Waals surface area contributed by atoms with Crippen molar-refractivity contribution in [3.05, 3.63) is 70.3 Å². The number of benzene rings is 1. The topological polar surface area (TPSA) is 110 Å². The third-order valence-electron chi connectivity index (χ3n) is 6.02. The summed E-state index contributed by atoms with van der Waals surface area (Å²) in [5.74, 6) is -2.24. The number of alkyl halides is 3. The number of aromatic nitrogens is 2. The van der Waals surface area contributed by atoms with E-state index in [1.165, 1.54) is 16.9 Å². The van der Waals surface area contributed by atoms with E-state index < -0.39 is 22.0 Å². The predicted octanol–water partition coefficient (Wildman–Crippen LogP) is 5.06. The first kappa shape index (κ1) is 29.5. The fraction of sp³-hybridized carbons (Fsp3) is 0.400. The Hall–Kier alpha value is -3.03. The van der Waals surface area contributed by atoms with Crippen LogP contribution in [-0.4, -0.2) is 59.7 Å². The normalized spacial score (nSPS) is 15.8. The number of halogens is 3. The highest BCUT2D eigenvalue weighted by Crippen LogP contribution is 2.28. The minimum atomic E-state index is -5.08. The number of pyridine rings is 1. The van der Waals surface area contributed by atoms with Crippen LogP contribution in [0.4, 0.5) is 13.2 Å². The number of nitrogens with zero attached hydrogens (tertiary/aromatic N) is 3. The zero-order valence-corrected chi connectivity index (χ0v) is 22.4. The molecule has 0 spiro atoms. The van der Waals surface area contributed by atoms with Crippen LogP contribution in [0, 0.1) is 6.92 Å². The SMILES string of the molecule is Cc1cc(S(=O)(=O)Cc2cscn2)ncc1OC1CCN([C@H](C)c2ccccc2)CC1.O=C(O)C(F)(F)F. The van der Waals surface area contributed by atoms with Crippen LogP contribution in [0.5, 0.6) is 5.75 Å². The number of ether oxygens (including phenoxy) is 1. The van der Waals surface area contributed by atoms with Crippen LogP contribution in [-0.2, 0) is 20.4 Å². The first-order valence-electron chi connectivity index (χ1n) is 11.7. The van der Waals surface area contributed by atoms with Gasteiger partial charge in [-0.25, -0.2) is 23.2 Å². The number of hydrogen-bond acceptors (Lipinski definition) is 8. The molecular formula is C25H28F3N3O5S2. The van der Waals surface area contributed by atoms with Gasteiger partial charge < -0.3 is 9.84 Å². The third-order valence-corrected chi connectivity index (χ3v) is 8.19. The largest absolute Gasteiger partial charge is 0.490 e. The van der Waals surface area contributed by atoms with Crippen LogP contribution in [0.3, 0.4) is 0 Å². The number of rotatable bonds is 7. The number of hydrogen-bond donors (Lipinski definition) is 1. The maximum absolute atomic E-state index is 12.6. The molecule has 2 aromatic heterocycles. The molecule has 1 fully saturated rings. The van der Waals surface area contributed by atoms with Crippen LogP contribution >= 0.6 is 11.3 Å². The minimum absolute atomic E-state index is 0.0665. The predicted molar refractivity (Wildman–Crippen MR) is 136 cm³/mol. The lowest BCUT2D eigenvalue weighted by Gasteiger charge is -2.36. The zero-order chi connectivity index (χ0) is 27.9. The second kappa shape index (κ2) is 12.7. The first-order valence-corrected chi connectivity index (χ1v) is 14.3. The molecule has 1 atom stereocenters. The molecule has 8 nitrogen and oxygen atoms in total. The summed E-state index contributed by atoms with van der Waals surface area (Å²) in [6.07, 6.45) is -1.57. The van der Waals surface area contributed by atoms with E-state index in [1.807, 2.05) is 13.0 Å². The molecule has 0 saturated carbocycles. The van der Waals surface area contributed by atoms with E-state index in [-0.39, 0.29) is 16.9 Å². The molecule has 1 aliphatic heterocycles. The Morgan fingerprint density at radius 1 is 1.21 bits per heavy atom. The molecule has 1 saturated heterocycles. The van der Waals surface area contributed by atoms with E-state index in [9.17, 15) is 21.6 Å². The molecule has 0 unspecified atom stereocenters. The van der Waals surface area contributed by atoms with E-state index in [1.54, 1.807) is 23.2 Å². The van der Waals surface area contributed by atoms with Crippen molar-refractivity contribution in [2.45, 2.75) is 55.8 Å². The standard InChI is InChI=1S/C23H27N3O3S2.C2HF3O2/c1-17-12-23(31(27,28)15-20-14-30-16-25-20)24-13-22(17)29-21-8-10-26(11-9-21)18(2)19-6-4-3-5-7-19;3-2(4,5)1(6)7/h3-7,12-14,16,18,21H,8-11,15H2,1-2H3;(H,6,7)/t18-;/m1./s1. The molecule has 1 aliphatic rings. The van der Waals surface area contributed by atoms with Crippen LogP contribution < -0.4 is 4.74 Å². The number of carboxylic acids is 1. The van der Waals surface area contributed by atoms with Crippen LogP contribution in [0.2, 0.25) is 0 Å². The van der Waals surface area contributed by atoms with Gasteiger partial charge in [0.15, 0.2) is 5.03 Å². The number of aliphatic carboxylic acids is 1. The molecule has 0 amide bonds. The molecule has 0 bridgehead atoms. The van der Waals surface area contributed by atoms with Gasteiger partial charge in [-0.15, -0.1) is 11.3 Å². The second-order valence-electron chi connectivity index (χ2n) is 8.77. The third kappa shape index (κ3) is 8.23. The Labute approximate surface area is 223 Å². The van der Waals surface area contributed by atoms with Crippen molar-refractivity contribution in [1.82, 2.24) is 14.9 Å². The van der Waals surface area contributed by atoms with Crippen molar-refractivity contribution in [3.63, 3.8) is 0 Å². The molecule has 38 heavy (non-hydrogen) atoms. The van der Waals surface area contributed by atoms with E-state index in [0.29, 0.717) is 17.5 Å². The summed E-state index contributed by atoms with van der Waals surface area (Å²) in [7, 11) is -3.53. The smallest absolute Gasteiger partial charge is 0.488 e. The van der Waals surface area contributed by atoms with Gasteiger partial charge >= 0.3 is 12.1 Å². The van der Waals surface area contributed by atoms with Crippen molar-refractivity contribution in [1.29, 1.82) is 0 Å². The Bertz CT molecular complexity index is 1300. The molecule has 0 aliphatic carbocycles. The molecule has 3 heterocycles. The lowest BCUT2D eigenvalue weighted by Crippen LogP contribution is -2.39. The highest BCUT2D eigenvalue weighted by atomic mass is 32.2. The number of carboxylic acid groups (broad SMARTS) is 1. The average Bonchev–Trinajstić information content (AvgIpc) is 3.38. The fourth-order valence-electron chi connectivity index (χ4n) is 3.89. The summed E-state index contributed by atoms with van der Waals surface area (Å²) in [6, 6.07) is 12.5. The molecule has 3 aromatic rings. The van der Waals surface area contributed by atoms with E-state index >= 15 is 0 Å². The number of likely N-dealkylation sites (tertiary alicyclic amines) is 1. The Kier molecular flexibility index (Phi) is 9.85. The Balaban J connectivity index is 0.000000505. The molecule has 0 radical (unpaired) electrons. The van der Waals surface area contributed by atoms with Crippen molar-refractivity contribution < 1.29 is 36.2 Å².